The number of piperidine rings is 1. The SMILES string of the molecule is NCC1(C(=O)N2CCCC[C@H]2C(=O)O)CC1. The van der Waals surface area contributed by atoms with Crippen molar-refractivity contribution >= 4 is 11.9 Å². The van der Waals surface area contributed by atoms with Gasteiger partial charge >= 0.3 is 5.97 Å². The maximum atomic E-state index is 12.2. The average molecular weight is 226 g/mol. The summed E-state index contributed by atoms with van der Waals surface area (Å²) < 4.78 is 0. The zero-order valence-corrected chi connectivity index (χ0v) is 9.32. The topological polar surface area (TPSA) is 83.6 Å². The summed E-state index contributed by atoms with van der Waals surface area (Å²) in [5.74, 6) is -0.928. The number of carboxylic acid groups (broad SMARTS) is 1. The highest BCUT2D eigenvalue weighted by Crippen LogP contribution is 2.46. The number of carbonyl (C=O) groups excluding carboxylic acids is 1. The first-order chi connectivity index (χ1) is 7.60. The largest absolute Gasteiger partial charge is 0.480 e. The van der Waals surface area contributed by atoms with E-state index in [0.717, 1.165) is 25.7 Å². The molecule has 0 radical (unpaired) electrons. The predicted molar refractivity (Wildman–Crippen MR) is 57.7 cm³/mol. The van der Waals surface area contributed by atoms with Crippen LogP contribution >= 0.6 is 0 Å². The summed E-state index contributed by atoms with van der Waals surface area (Å²) in [6.07, 6.45) is 3.98. The van der Waals surface area contributed by atoms with Gasteiger partial charge in [0.15, 0.2) is 0 Å². The van der Waals surface area contributed by atoms with Crippen molar-refractivity contribution in [2.75, 3.05) is 13.1 Å². The quantitative estimate of drug-likeness (QED) is 0.719. The fourth-order valence-corrected chi connectivity index (χ4v) is 2.39. The molecule has 1 amide bonds. The molecule has 1 heterocycles. The summed E-state index contributed by atoms with van der Waals surface area (Å²) in [6, 6.07) is -0.634. The number of nitrogens with zero attached hydrogens (tertiary/aromatic N) is 1. The zero-order chi connectivity index (χ0) is 11.8. The van der Waals surface area contributed by atoms with Crippen molar-refractivity contribution in [3.8, 4) is 0 Å². The molecule has 2 fully saturated rings. The van der Waals surface area contributed by atoms with Gasteiger partial charge in [-0.3, -0.25) is 4.79 Å². The van der Waals surface area contributed by atoms with Crippen molar-refractivity contribution < 1.29 is 14.7 Å². The second-order valence-electron chi connectivity index (χ2n) is 4.83. The molecule has 1 saturated heterocycles. The van der Waals surface area contributed by atoms with Gasteiger partial charge in [-0.05, 0) is 32.1 Å². The maximum absolute atomic E-state index is 12.2. The van der Waals surface area contributed by atoms with Crippen molar-refractivity contribution in [3.05, 3.63) is 0 Å². The van der Waals surface area contributed by atoms with Crippen LogP contribution in [0.3, 0.4) is 0 Å². The van der Waals surface area contributed by atoms with Gasteiger partial charge in [-0.2, -0.15) is 0 Å². The molecule has 1 aliphatic heterocycles. The van der Waals surface area contributed by atoms with Crippen LogP contribution in [-0.2, 0) is 9.59 Å². The molecule has 0 aromatic rings. The predicted octanol–water partition coefficient (Wildman–Crippen LogP) is 0.191. The minimum absolute atomic E-state index is 0.0397. The molecule has 1 atom stereocenters. The Labute approximate surface area is 94.6 Å². The lowest BCUT2D eigenvalue weighted by Gasteiger charge is -2.35. The molecule has 1 saturated carbocycles. The van der Waals surface area contributed by atoms with Crippen molar-refractivity contribution in [2.45, 2.75) is 38.1 Å². The van der Waals surface area contributed by atoms with Crippen LogP contribution in [0.25, 0.3) is 0 Å². The van der Waals surface area contributed by atoms with Crippen LogP contribution in [0.15, 0.2) is 0 Å². The van der Waals surface area contributed by atoms with E-state index in [4.69, 9.17) is 10.8 Å². The number of aliphatic carboxylic acids is 1. The molecule has 3 N–H and O–H groups in total. The molecule has 0 spiro atoms. The van der Waals surface area contributed by atoms with Crippen molar-refractivity contribution in [2.24, 2.45) is 11.1 Å². The first kappa shape index (κ1) is 11.4. The van der Waals surface area contributed by atoms with E-state index in [9.17, 15) is 9.59 Å². The number of amides is 1. The van der Waals surface area contributed by atoms with Crippen molar-refractivity contribution in [1.82, 2.24) is 4.90 Å². The lowest BCUT2D eigenvalue weighted by atomic mass is 9.98. The van der Waals surface area contributed by atoms with Crippen LogP contribution in [0.2, 0.25) is 0 Å². The van der Waals surface area contributed by atoms with Crippen LogP contribution in [0.1, 0.15) is 32.1 Å². The van der Waals surface area contributed by atoms with Gasteiger partial charge in [0.2, 0.25) is 5.91 Å². The number of carboxylic acids is 1. The summed E-state index contributed by atoms with van der Waals surface area (Å²) in [5.41, 5.74) is 5.18. The Bertz CT molecular complexity index is 312. The monoisotopic (exact) mass is 226 g/mol. The van der Waals surface area contributed by atoms with E-state index in [0.29, 0.717) is 19.5 Å². The molecule has 1 aliphatic carbocycles. The highest BCUT2D eigenvalue weighted by molar-refractivity contribution is 5.89. The second kappa shape index (κ2) is 4.05. The molecular weight excluding hydrogens is 208 g/mol. The van der Waals surface area contributed by atoms with Crippen LogP contribution < -0.4 is 5.73 Å². The molecular formula is C11H18N2O3. The maximum Gasteiger partial charge on any atom is 0.326 e. The first-order valence-corrected chi connectivity index (χ1v) is 5.85. The zero-order valence-electron chi connectivity index (χ0n) is 9.32. The Kier molecular flexibility index (Phi) is 2.88. The Morgan fingerprint density at radius 1 is 1.38 bits per heavy atom. The number of likely N-dealkylation sites (tertiary alicyclic amines) is 1. The molecule has 16 heavy (non-hydrogen) atoms. The fourth-order valence-electron chi connectivity index (χ4n) is 2.39. The molecule has 0 unspecified atom stereocenters. The van der Waals surface area contributed by atoms with Gasteiger partial charge in [-0.25, -0.2) is 4.79 Å². The Morgan fingerprint density at radius 3 is 2.56 bits per heavy atom. The lowest BCUT2D eigenvalue weighted by Crippen LogP contribution is -2.51. The van der Waals surface area contributed by atoms with Gasteiger partial charge in [-0.1, -0.05) is 0 Å². The van der Waals surface area contributed by atoms with Crippen molar-refractivity contribution in [3.63, 3.8) is 0 Å². The summed E-state index contributed by atoms with van der Waals surface area (Å²) in [4.78, 5) is 24.8. The minimum Gasteiger partial charge on any atom is -0.480 e. The van der Waals surface area contributed by atoms with E-state index in [1.807, 2.05) is 0 Å². The third-order valence-electron chi connectivity index (χ3n) is 3.75. The van der Waals surface area contributed by atoms with E-state index in [1.165, 1.54) is 4.90 Å². The smallest absolute Gasteiger partial charge is 0.326 e. The second-order valence-corrected chi connectivity index (χ2v) is 4.83. The van der Waals surface area contributed by atoms with E-state index in [-0.39, 0.29) is 5.91 Å². The van der Waals surface area contributed by atoms with Gasteiger partial charge in [0, 0.05) is 13.1 Å². The lowest BCUT2D eigenvalue weighted by molar-refractivity contribution is -0.154. The van der Waals surface area contributed by atoms with Crippen LogP contribution in [0.5, 0.6) is 0 Å². The molecule has 2 aliphatic rings. The minimum atomic E-state index is -0.888. The molecule has 90 valence electrons. The number of hydrogen-bond acceptors (Lipinski definition) is 3. The van der Waals surface area contributed by atoms with Gasteiger partial charge in [-0.15, -0.1) is 0 Å². The van der Waals surface area contributed by atoms with Gasteiger partial charge in [0.25, 0.3) is 0 Å². The highest BCUT2D eigenvalue weighted by atomic mass is 16.4. The molecule has 2 rings (SSSR count). The Morgan fingerprint density at radius 2 is 2.06 bits per heavy atom. The highest BCUT2D eigenvalue weighted by Gasteiger charge is 2.52. The standard InChI is InChI=1S/C11H18N2O3/c12-7-11(4-5-11)10(16)13-6-2-1-3-8(13)9(14)15/h8H,1-7,12H2,(H,14,15)/t8-/m0/s1. The number of hydrogen-bond donors (Lipinski definition) is 2. The molecule has 5 heteroatoms. The summed E-state index contributed by atoms with van der Waals surface area (Å²) in [6.45, 7) is 0.909. The number of nitrogens with two attached hydrogens (primary N) is 1. The number of carbonyl (C=O) groups is 2. The fraction of sp³-hybridized carbons (Fsp3) is 0.818. The van der Waals surface area contributed by atoms with Gasteiger partial charge < -0.3 is 15.7 Å². The van der Waals surface area contributed by atoms with Gasteiger partial charge in [0.05, 0.1) is 5.41 Å². The van der Waals surface area contributed by atoms with E-state index >= 15 is 0 Å². The normalized spacial score (nSPS) is 27.6. The molecule has 5 nitrogen and oxygen atoms in total. The average Bonchev–Trinajstić information content (AvgIpc) is 3.09. The third kappa shape index (κ3) is 1.80. The third-order valence-corrected chi connectivity index (χ3v) is 3.75. The van der Waals surface area contributed by atoms with E-state index < -0.39 is 17.4 Å². The summed E-state index contributed by atoms with van der Waals surface area (Å²) >= 11 is 0. The number of rotatable bonds is 3. The Balaban J connectivity index is 2.11. The molecule has 0 aromatic heterocycles. The van der Waals surface area contributed by atoms with E-state index in [2.05, 4.69) is 0 Å². The first-order valence-electron chi connectivity index (χ1n) is 5.85. The molecule has 0 aromatic carbocycles. The van der Waals surface area contributed by atoms with Crippen LogP contribution in [-0.4, -0.2) is 41.0 Å². The van der Waals surface area contributed by atoms with Crippen molar-refractivity contribution in [1.29, 1.82) is 0 Å². The van der Waals surface area contributed by atoms with Gasteiger partial charge in [0.1, 0.15) is 6.04 Å². The summed E-state index contributed by atoms with van der Waals surface area (Å²) in [7, 11) is 0. The Hall–Kier alpha value is -1.10. The van der Waals surface area contributed by atoms with Crippen LogP contribution in [0, 0.1) is 5.41 Å². The molecule has 0 bridgehead atoms. The summed E-state index contributed by atoms with van der Waals surface area (Å²) in [5, 5.41) is 9.09. The van der Waals surface area contributed by atoms with E-state index in [1.54, 1.807) is 0 Å². The van der Waals surface area contributed by atoms with Crippen LogP contribution in [0.4, 0.5) is 0 Å².